The van der Waals surface area contributed by atoms with Gasteiger partial charge in [-0.1, -0.05) is 0 Å². The SMILES string of the molecule is COc1ccc(NC(C)=O)cc1NC(=O)c1ccc(OCc2cscn2)cc1. The van der Waals surface area contributed by atoms with E-state index in [1.54, 1.807) is 48.0 Å². The van der Waals surface area contributed by atoms with Crippen LogP contribution in [0.4, 0.5) is 11.4 Å². The van der Waals surface area contributed by atoms with Gasteiger partial charge < -0.3 is 20.1 Å². The summed E-state index contributed by atoms with van der Waals surface area (Å²) in [6.45, 7) is 1.79. The van der Waals surface area contributed by atoms with Gasteiger partial charge in [0.25, 0.3) is 5.91 Å². The van der Waals surface area contributed by atoms with Crippen LogP contribution in [0.25, 0.3) is 0 Å². The molecule has 0 saturated carbocycles. The molecule has 0 unspecified atom stereocenters. The molecule has 0 aliphatic rings. The van der Waals surface area contributed by atoms with Gasteiger partial charge in [0.2, 0.25) is 5.91 Å². The molecule has 28 heavy (non-hydrogen) atoms. The molecule has 0 bridgehead atoms. The summed E-state index contributed by atoms with van der Waals surface area (Å²) in [5.41, 5.74) is 4.10. The first kappa shape index (κ1) is 19.4. The van der Waals surface area contributed by atoms with Crippen molar-refractivity contribution in [1.82, 2.24) is 4.98 Å². The van der Waals surface area contributed by atoms with E-state index < -0.39 is 0 Å². The number of carbonyl (C=O) groups excluding carboxylic acids is 2. The summed E-state index contributed by atoms with van der Waals surface area (Å²) in [7, 11) is 1.51. The number of thiazole rings is 1. The fraction of sp³-hybridized carbons (Fsp3) is 0.150. The van der Waals surface area contributed by atoms with Crippen molar-refractivity contribution < 1.29 is 19.1 Å². The van der Waals surface area contributed by atoms with Crippen molar-refractivity contribution in [3.05, 3.63) is 64.6 Å². The zero-order valence-electron chi connectivity index (χ0n) is 15.4. The van der Waals surface area contributed by atoms with Gasteiger partial charge in [-0.2, -0.15) is 0 Å². The lowest BCUT2D eigenvalue weighted by Gasteiger charge is -2.12. The van der Waals surface area contributed by atoms with E-state index in [4.69, 9.17) is 9.47 Å². The molecular formula is C20H19N3O4S. The zero-order chi connectivity index (χ0) is 19.9. The summed E-state index contributed by atoms with van der Waals surface area (Å²) < 4.78 is 10.9. The first-order valence-electron chi connectivity index (χ1n) is 8.42. The highest BCUT2D eigenvalue weighted by Gasteiger charge is 2.11. The number of amides is 2. The second kappa shape index (κ2) is 9.01. The lowest BCUT2D eigenvalue weighted by atomic mass is 10.2. The molecule has 0 saturated heterocycles. The minimum Gasteiger partial charge on any atom is -0.495 e. The third-order valence-corrected chi connectivity index (χ3v) is 4.39. The van der Waals surface area contributed by atoms with E-state index in [1.807, 2.05) is 5.38 Å². The smallest absolute Gasteiger partial charge is 0.255 e. The first-order chi connectivity index (χ1) is 13.5. The zero-order valence-corrected chi connectivity index (χ0v) is 16.2. The van der Waals surface area contributed by atoms with E-state index in [-0.39, 0.29) is 11.8 Å². The predicted molar refractivity (Wildman–Crippen MR) is 108 cm³/mol. The Morgan fingerprint density at radius 3 is 2.54 bits per heavy atom. The number of hydrogen-bond acceptors (Lipinski definition) is 6. The number of carbonyl (C=O) groups is 2. The molecule has 2 aromatic carbocycles. The maximum absolute atomic E-state index is 12.6. The van der Waals surface area contributed by atoms with E-state index in [0.29, 0.717) is 35.0 Å². The van der Waals surface area contributed by atoms with Crippen LogP contribution < -0.4 is 20.1 Å². The molecule has 0 atom stereocenters. The number of nitrogens with zero attached hydrogens (tertiary/aromatic N) is 1. The lowest BCUT2D eigenvalue weighted by molar-refractivity contribution is -0.114. The largest absolute Gasteiger partial charge is 0.495 e. The van der Waals surface area contributed by atoms with Crippen LogP contribution in [0.15, 0.2) is 53.4 Å². The number of aromatic nitrogens is 1. The maximum Gasteiger partial charge on any atom is 0.255 e. The quantitative estimate of drug-likeness (QED) is 0.630. The number of methoxy groups -OCH3 is 1. The predicted octanol–water partition coefficient (Wildman–Crippen LogP) is 3.94. The van der Waals surface area contributed by atoms with Crippen LogP contribution in [-0.4, -0.2) is 23.9 Å². The van der Waals surface area contributed by atoms with Gasteiger partial charge in [-0.15, -0.1) is 11.3 Å². The van der Waals surface area contributed by atoms with Crippen LogP contribution >= 0.6 is 11.3 Å². The average molecular weight is 397 g/mol. The van der Waals surface area contributed by atoms with Gasteiger partial charge in [-0.25, -0.2) is 4.98 Å². The number of anilines is 2. The van der Waals surface area contributed by atoms with Crippen molar-refractivity contribution in [1.29, 1.82) is 0 Å². The molecule has 7 nitrogen and oxygen atoms in total. The highest BCUT2D eigenvalue weighted by atomic mass is 32.1. The molecule has 2 N–H and O–H groups in total. The van der Waals surface area contributed by atoms with Crippen LogP contribution in [0.3, 0.4) is 0 Å². The Morgan fingerprint density at radius 1 is 1.11 bits per heavy atom. The normalized spacial score (nSPS) is 10.2. The van der Waals surface area contributed by atoms with Gasteiger partial charge >= 0.3 is 0 Å². The average Bonchev–Trinajstić information content (AvgIpc) is 3.20. The fourth-order valence-electron chi connectivity index (χ4n) is 2.45. The Hall–Kier alpha value is -3.39. The topological polar surface area (TPSA) is 89.6 Å². The molecule has 2 amide bonds. The van der Waals surface area contributed by atoms with Crippen LogP contribution in [0, 0.1) is 0 Å². The van der Waals surface area contributed by atoms with Crippen LogP contribution in [-0.2, 0) is 11.4 Å². The summed E-state index contributed by atoms with van der Waals surface area (Å²) in [6, 6.07) is 11.8. The molecule has 0 radical (unpaired) electrons. The van der Waals surface area contributed by atoms with Crippen LogP contribution in [0.5, 0.6) is 11.5 Å². The number of benzene rings is 2. The highest BCUT2D eigenvalue weighted by Crippen LogP contribution is 2.28. The molecule has 0 aliphatic heterocycles. The van der Waals surface area contributed by atoms with Crippen molar-refractivity contribution in [2.24, 2.45) is 0 Å². The molecule has 8 heteroatoms. The summed E-state index contributed by atoms with van der Waals surface area (Å²) in [5, 5.41) is 7.40. The van der Waals surface area contributed by atoms with E-state index in [1.165, 1.54) is 25.4 Å². The van der Waals surface area contributed by atoms with E-state index in [9.17, 15) is 9.59 Å². The van der Waals surface area contributed by atoms with E-state index >= 15 is 0 Å². The van der Waals surface area contributed by atoms with Crippen molar-refractivity contribution in [2.75, 3.05) is 17.7 Å². The van der Waals surface area contributed by atoms with Gasteiger partial charge in [0.05, 0.1) is 24.0 Å². The molecule has 1 heterocycles. The van der Waals surface area contributed by atoms with Crippen molar-refractivity contribution in [2.45, 2.75) is 13.5 Å². The van der Waals surface area contributed by atoms with Gasteiger partial charge in [0.1, 0.15) is 18.1 Å². The Bertz CT molecular complexity index is 956. The molecule has 3 rings (SSSR count). The Labute approximate surface area is 166 Å². The standard InChI is InChI=1S/C20H19N3O4S/c1-13(24)22-15-5-8-19(26-2)18(9-15)23-20(25)14-3-6-17(7-4-14)27-10-16-11-28-12-21-16/h3-9,11-12H,10H2,1-2H3,(H,22,24)(H,23,25). The van der Waals surface area contributed by atoms with Crippen molar-refractivity contribution in [3.63, 3.8) is 0 Å². The Kier molecular flexibility index (Phi) is 6.23. The molecule has 0 fully saturated rings. The Morgan fingerprint density at radius 2 is 1.89 bits per heavy atom. The van der Waals surface area contributed by atoms with Crippen molar-refractivity contribution in [3.8, 4) is 11.5 Å². The molecule has 0 aliphatic carbocycles. The van der Waals surface area contributed by atoms with Gasteiger partial charge in [0.15, 0.2) is 0 Å². The number of rotatable bonds is 7. The fourth-order valence-corrected chi connectivity index (χ4v) is 2.99. The van der Waals surface area contributed by atoms with Crippen LogP contribution in [0.1, 0.15) is 23.0 Å². The summed E-state index contributed by atoms with van der Waals surface area (Å²) >= 11 is 1.51. The molecular weight excluding hydrogens is 378 g/mol. The third-order valence-electron chi connectivity index (χ3n) is 3.75. The van der Waals surface area contributed by atoms with E-state index in [2.05, 4.69) is 15.6 Å². The van der Waals surface area contributed by atoms with Crippen LogP contribution in [0.2, 0.25) is 0 Å². The maximum atomic E-state index is 12.6. The molecule has 3 aromatic rings. The monoisotopic (exact) mass is 397 g/mol. The highest BCUT2D eigenvalue weighted by molar-refractivity contribution is 7.07. The van der Waals surface area contributed by atoms with Gasteiger partial charge in [-0.05, 0) is 42.5 Å². The minimum atomic E-state index is -0.302. The van der Waals surface area contributed by atoms with E-state index in [0.717, 1.165) is 5.69 Å². The lowest BCUT2D eigenvalue weighted by Crippen LogP contribution is -2.13. The first-order valence-corrected chi connectivity index (χ1v) is 9.36. The molecule has 144 valence electrons. The van der Waals surface area contributed by atoms with Gasteiger partial charge in [0, 0.05) is 23.6 Å². The second-order valence-electron chi connectivity index (χ2n) is 5.84. The second-order valence-corrected chi connectivity index (χ2v) is 6.56. The number of nitrogens with one attached hydrogen (secondary N) is 2. The molecule has 0 spiro atoms. The Balaban J connectivity index is 1.67. The molecule has 1 aromatic heterocycles. The number of hydrogen-bond donors (Lipinski definition) is 2. The van der Waals surface area contributed by atoms with Gasteiger partial charge in [-0.3, -0.25) is 9.59 Å². The number of ether oxygens (including phenoxy) is 2. The summed E-state index contributed by atoms with van der Waals surface area (Å²) in [5.74, 6) is 0.639. The summed E-state index contributed by atoms with van der Waals surface area (Å²) in [6.07, 6.45) is 0. The minimum absolute atomic E-state index is 0.198. The summed E-state index contributed by atoms with van der Waals surface area (Å²) in [4.78, 5) is 28.0. The third kappa shape index (κ3) is 5.08. The van der Waals surface area contributed by atoms with Crippen molar-refractivity contribution >= 4 is 34.5 Å².